The summed E-state index contributed by atoms with van der Waals surface area (Å²) < 4.78 is 0. The summed E-state index contributed by atoms with van der Waals surface area (Å²) in [5.41, 5.74) is 0.364. The average molecular weight is 276 g/mol. The number of carboxylic acids is 1. The first-order valence-corrected chi connectivity index (χ1v) is 6.69. The van der Waals surface area contributed by atoms with Crippen molar-refractivity contribution in [1.29, 1.82) is 0 Å². The Hall–Kier alpha value is -2.04. The fourth-order valence-corrected chi connectivity index (χ4v) is 2.58. The van der Waals surface area contributed by atoms with E-state index >= 15 is 0 Å². The summed E-state index contributed by atoms with van der Waals surface area (Å²) in [5.74, 6) is -1.15. The van der Waals surface area contributed by atoms with E-state index in [-0.39, 0.29) is 5.91 Å². The molecule has 0 aliphatic carbocycles. The molecule has 20 heavy (non-hydrogen) atoms. The summed E-state index contributed by atoms with van der Waals surface area (Å²) in [6.45, 7) is 2.11. The van der Waals surface area contributed by atoms with Gasteiger partial charge in [0.05, 0.1) is 0 Å². The largest absolute Gasteiger partial charge is 0.480 e. The lowest BCUT2D eigenvalue weighted by Crippen LogP contribution is -2.50. The Morgan fingerprint density at radius 1 is 1.35 bits per heavy atom. The van der Waals surface area contributed by atoms with Gasteiger partial charge in [0.2, 0.25) is 0 Å². The van der Waals surface area contributed by atoms with Crippen LogP contribution in [0.4, 0.5) is 5.69 Å². The molecular formula is C15H20N2O3. The van der Waals surface area contributed by atoms with Gasteiger partial charge in [-0.1, -0.05) is 6.07 Å². The van der Waals surface area contributed by atoms with E-state index in [1.807, 2.05) is 31.1 Å². The summed E-state index contributed by atoms with van der Waals surface area (Å²) in [6, 6.07) is 7.26. The topological polar surface area (TPSA) is 60.9 Å². The fourth-order valence-electron chi connectivity index (χ4n) is 2.58. The number of aliphatic carboxylic acids is 1. The highest BCUT2D eigenvalue weighted by Gasteiger charge is 2.46. The zero-order valence-corrected chi connectivity index (χ0v) is 12.1. The van der Waals surface area contributed by atoms with E-state index in [1.54, 1.807) is 19.1 Å². The van der Waals surface area contributed by atoms with Crippen molar-refractivity contribution in [2.24, 2.45) is 0 Å². The lowest BCUT2D eigenvalue weighted by molar-refractivity contribution is -0.147. The van der Waals surface area contributed by atoms with Crippen LogP contribution in [0.3, 0.4) is 0 Å². The minimum Gasteiger partial charge on any atom is -0.480 e. The van der Waals surface area contributed by atoms with E-state index < -0.39 is 11.5 Å². The average Bonchev–Trinajstić information content (AvgIpc) is 2.81. The summed E-state index contributed by atoms with van der Waals surface area (Å²) in [4.78, 5) is 27.4. The van der Waals surface area contributed by atoms with Gasteiger partial charge in [-0.05, 0) is 38.0 Å². The van der Waals surface area contributed by atoms with Crippen LogP contribution in [0.5, 0.6) is 0 Å². The third-order valence-electron chi connectivity index (χ3n) is 3.96. The number of hydrogen-bond acceptors (Lipinski definition) is 3. The van der Waals surface area contributed by atoms with Crippen LogP contribution >= 0.6 is 0 Å². The molecule has 1 saturated heterocycles. The van der Waals surface area contributed by atoms with Crippen LogP contribution in [0.15, 0.2) is 24.3 Å². The van der Waals surface area contributed by atoms with Crippen LogP contribution in [0.2, 0.25) is 0 Å². The highest BCUT2D eigenvalue weighted by atomic mass is 16.4. The summed E-state index contributed by atoms with van der Waals surface area (Å²) >= 11 is 0. The number of benzene rings is 1. The summed E-state index contributed by atoms with van der Waals surface area (Å²) in [7, 11) is 3.81. The van der Waals surface area contributed by atoms with Gasteiger partial charge in [0.1, 0.15) is 5.54 Å². The van der Waals surface area contributed by atoms with Crippen LogP contribution in [-0.4, -0.2) is 48.1 Å². The van der Waals surface area contributed by atoms with Gasteiger partial charge in [-0.15, -0.1) is 0 Å². The number of carbonyl (C=O) groups is 2. The molecule has 0 spiro atoms. The molecule has 1 aliphatic rings. The molecule has 2 rings (SSSR count). The smallest absolute Gasteiger partial charge is 0.329 e. The monoisotopic (exact) mass is 276 g/mol. The zero-order valence-electron chi connectivity index (χ0n) is 12.1. The van der Waals surface area contributed by atoms with Gasteiger partial charge in [-0.25, -0.2) is 4.79 Å². The molecule has 108 valence electrons. The maximum Gasteiger partial charge on any atom is 0.329 e. The molecule has 1 aromatic carbocycles. The van der Waals surface area contributed by atoms with Gasteiger partial charge in [-0.2, -0.15) is 0 Å². The standard InChI is InChI=1S/C15H20N2O3/c1-15(14(19)20)8-5-9-17(15)13(18)11-6-4-7-12(10-11)16(2)3/h4,6-7,10H,5,8-9H2,1-3H3,(H,19,20). The number of likely N-dealkylation sites (tertiary alicyclic amines) is 1. The molecule has 1 heterocycles. The molecule has 0 saturated carbocycles. The van der Waals surface area contributed by atoms with Crippen LogP contribution < -0.4 is 4.90 Å². The number of rotatable bonds is 3. The van der Waals surface area contributed by atoms with E-state index in [0.29, 0.717) is 18.5 Å². The Bertz CT molecular complexity index is 542. The zero-order chi connectivity index (χ0) is 14.9. The molecule has 0 radical (unpaired) electrons. The number of amides is 1. The lowest BCUT2D eigenvalue weighted by atomic mass is 9.98. The van der Waals surface area contributed by atoms with Gasteiger partial charge >= 0.3 is 5.97 Å². The van der Waals surface area contributed by atoms with Crippen molar-refractivity contribution in [2.45, 2.75) is 25.3 Å². The highest BCUT2D eigenvalue weighted by Crippen LogP contribution is 2.31. The minimum absolute atomic E-state index is 0.212. The second-order valence-corrected chi connectivity index (χ2v) is 5.58. The van der Waals surface area contributed by atoms with Crippen LogP contribution in [0, 0.1) is 0 Å². The van der Waals surface area contributed by atoms with E-state index in [9.17, 15) is 14.7 Å². The first kappa shape index (κ1) is 14.4. The lowest BCUT2D eigenvalue weighted by Gasteiger charge is -2.31. The number of carbonyl (C=O) groups excluding carboxylic acids is 1. The number of nitrogens with zero attached hydrogens (tertiary/aromatic N) is 2. The molecule has 0 bridgehead atoms. The second kappa shape index (κ2) is 5.15. The summed E-state index contributed by atoms with van der Waals surface area (Å²) in [5, 5.41) is 9.38. The number of carboxylic acid groups (broad SMARTS) is 1. The third-order valence-corrected chi connectivity index (χ3v) is 3.96. The molecule has 5 nitrogen and oxygen atoms in total. The third kappa shape index (κ3) is 2.35. The highest BCUT2D eigenvalue weighted by molar-refractivity contribution is 5.98. The molecule has 1 unspecified atom stereocenters. The maximum absolute atomic E-state index is 12.6. The van der Waals surface area contributed by atoms with Gasteiger partial charge in [-0.3, -0.25) is 4.79 Å². The Labute approximate surface area is 118 Å². The maximum atomic E-state index is 12.6. The fraction of sp³-hybridized carbons (Fsp3) is 0.467. The first-order valence-electron chi connectivity index (χ1n) is 6.69. The Kier molecular flexibility index (Phi) is 3.70. The van der Waals surface area contributed by atoms with Crippen LogP contribution in [-0.2, 0) is 4.79 Å². The molecule has 0 aromatic heterocycles. The van der Waals surface area contributed by atoms with Gasteiger partial charge < -0.3 is 14.9 Å². The quantitative estimate of drug-likeness (QED) is 0.915. The van der Waals surface area contributed by atoms with Crippen molar-refractivity contribution >= 4 is 17.6 Å². The molecule has 5 heteroatoms. The van der Waals surface area contributed by atoms with E-state index in [4.69, 9.17) is 0 Å². The van der Waals surface area contributed by atoms with Gasteiger partial charge in [0.15, 0.2) is 0 Å². The van der Waals surface area contributed by atoms with Crippen molar-refractivity contribution < 1.29 is 14.7 Å². The second-order valence-electron chi connectivity index (χ2n) is 5.58. The normalized spacial score (nSPS) is 21.9. The summed E-state index contributed by atoms with van der Waals surface area (Å²) in [6.07, 6.45) is 1.23. The Morgan fingerprint density at radius 3 is 2.65 bits per heavy atom. The minimum atomic E-state index is -1.09. The van der Waals surface area contributed by atoms with Crippen molar-refractivity contribution in [1.82, 2.24) is 4.90 Å². The molecule has 1 N–H and O–H groups in total. The van der Waals surface area contributed by atoms with Gasteiger partial charge in [0.25, 0.3) is 5.91 Å². The molecule has 1 fully saturated rings. The van der Waals surface area contributed by atoms with Crippen LogP contribution in [0.1, 0.15) is 30.1 Å². The van der Waals surface area contributed by atoms with E-state index in [1.165, 1.54) is 4.90 Å². The predicted molar refractivity (Wildman–Crippen MR) is 77.1 cm³/mol. The number of anilines is 1. The Morgan fingerprint density at radius 2 is 2.05 bits per heavy atom. The Balaban J connectivity index is 2.32. The molecule has 1 aromatic rings. The SMILES string of the molecule is CN(C)c1cccc(C(=O)N2CCCC2(C)C(=O)O)c1. The molecule has 1 aliphatic heterocycles. The predicted octanol–water partition coefficient (Wildman–Crippen LogP) is 1.83. The van der Waals surface area contributed by atoms with E-state index in [2.05, 4.69) is 0 Å². The van der Waals surface area contributed by atoms with Crippen molar-refractivity contribution in [3.8, 4) is 0 Å². The van der Waals surface area contributed by atoms with E-state index in [0.717, 1.165) is 12.1 Å². The molecular weight excluding hydrogens is 256 g/mol. The molecule has 1 atom stereocenters. The van der Waals surface area contributed by atoms with Crippen LogP contribution in [0.25, 0.3) is 0 Å². The van der Waals surface area contributed by atoms with Crippen molar-refractivity contribution in [2.75, 3.05) is 25.5 Å². The first-order chi connectivity index (χ1) is 9.36. The van der Waals surface area contributed by atoms with Crippen molar-refractivity contribution in [3.05, 3.63) is 29.8 Å². The van der Waals surface area contributed by atoms with Crippen molar-refractivity contribution in [3.63, 3.8) is 0 Å². The number of hydrogen-bond donors (Lipinski definition) is 1. The van der Waals surface area contributed by atoms with Gasteiger partial charge in [0, 0.05) is 31.9 Å². The molecule has 1 amide bonds.